The minimum Gasteiger partial charge on any atom is -0.356 e. The zero-order chi connectivity index (χ0) is 18.2. The molecule has 0 radical (unpaired) electrons. The van der Waals surface area contributed by atoms with Gasteiger partial charge in [0.1, 0.15) is 5.01 Å². The first kappa shape index (κ1) is 18.5. The third-order valence-electron chi connectivity index (χ3n) is 3.88. The molecule has 0 spiro atoms. The van der Waals surface area contributed by atoms with E-state index in [9.17, 15) is 9.59 Å². The number of nitrogens with one attached hydrogen (secondary N) is 1. The highest BCUT2D eigenvalue weighted by atomic mass is 32.1. The van der Waals surface area contributed by atoms with Gasteiger partial charge in [0.2, 0.25) is 5.91 Å². The molecule has 6 heteroatoms. The summed E-state index contributed by atoms with van der Waals surface area (Å²) in [5, 5.41) is 7.83. The number of carbonyl (C=O) groups is 2. The quantitative estimate of drug-likeness (QED) is 0.549. The number of carbonyl (C=O) groups excluding carboxylic acids is 2. The van der Waals surface area contributed by atoms with Gasteiger partial charge in [-0.2, -0.15) is 0 Å². The third kappa shape index (κ3) is 5.34. The summed E-state index contributed by atoms with van der Waals surface area (Å²) in [7, 11) is 0. The van der Waals surface area contributed by atoms with Crippen LogP contribution in [0.15, 0.2) is 53.2 Å². The molecule has 2 aromatic heterocycles. The van der Waals surface area contributed by atoms with Crippen LogP contribution >= 0.6 is 22.7 Å². The van der Waals surface area contributed by atoms with Crippen LogP contribution in [0.4, 0.5) is 0 Å². The van der Waals surface area contributed by atoms with Crippen molar-refractivity contribution in [2.24, 2.45) is 0 Å². The number of benzene rings is 1. The molecular weight excluding hydrogens is 364 g/mol. The number of nitrogens with zero attached hydrogens (tertiary/aromatic N) is 1. The molecule has 3 aromatic rings. The number of hydrogen-bond acceptors (Lipinski definition) is 5. The fourth-order valence-corrected chi connectivity index (χ4v) is 4.08. The van der Waals surface area contributed by atoms with Gasteiger partial charge in [-0.25, -0.2) is 4.98 Å². The van der Waals surface area contributed by atoms with Gasteiger partial charge >= 0.3 is 0 Å². The maximum absolute atomic E-state index is 11.9. The van der Waals surface area contributed by atoms with Gasteiger partial charge in [0, 0.05) is 36.8 Å². The predicted molar refractivity (Wildman–Crippen MR) is 107 cm³/mol. The lowest BCUT2D eigenvalue weighted by molar-refractivity contribution is -0.121. The lowest BCUT2D eigenvalue weighted by atomic mass is 10.1. The number of thiazole rings is 1. The summed E-state index contributed by atoms with van der Waals surface area (Å²) in [6.07, 6.45) is 2.09. The molecule has 0 aliphatic carbocycles. The van der Waals surface area contributed by atoms with Crippen LogP contribution in [0, 0.1) is 0 Å². The van der Waals surface area contributed by atoms with Gasteiger partial charge in [-0.15, -0.1) is 22.7 Å². The molecule has 1 aromatic carbocycles. The standard InChI is InChI=1S/C20H20N2O2S2/c23-17(18-9-5-13-25-18)8-4-10-19(24)21-12-11-16-14-26-20(22-16)15-6-2-1-3-7-15/h1-3,5-7,9,13-14H,4,8,10-12H2,(H,21,24). The minimum atomic E-state index is -0.0116. The van der Waals surface area contributed by atoms with Crippen LogP contribution in [0.5, 0.6) is 0 Å². The summed E-state index contributed by atoms with van der Waals surface area (Å²) in [4.78, 5) is 29.1. The minimum absolute atomic E-state index is 0.0116. The van der Waals surface area contributed by atoms with Crippen molar-refractivity contribution in [3.8, 4) is 10.6 Å². The van der Waals surface area contributed by atoms with E-state index in [1.54, 1.807) is 11.3 Å². The van der Waals surface area contributed by atoms with E-state index in [1.807, 2.05) is 53.2 Å². The number of thiophene rings is 1. The van der Waals surface area contributed by atoms with Crippen molar-refractivity contribution in [1.29, 1.82) is 0 Å². The second-order valence-electron chi connectivity index (χ2n) is 5.86. The summed E-state index contributed by atoms with van der Waals surface area (Å²) < 4.78 is 0. The molecule has 0 saturated heterocycles. The summed E-state index contributed by atoms with van der Waals surface area (Å²) in [5.74, 6) is 0.103. The topological polar surface area (TPSA) is 59.1 Å². The fourth-order valence-electron chi connectivity index (χ4n) is 2.52. The number of aromatic nitrogens is 1. The average Bonchev–Trinajstić information content (AvgIpc) is 3.34. The lowest BCUT2D eigenvalue weighted by Crippen LogP contribution is -2.25. The Bertz CT molecular complexity index is 842. The molecule has 0 saturated carbocycles. The lowest BCUT2D eigenvalue weighted by Gasteiger charge is -2.03. The van der Waals surface area contributed by atoms with E-state index in [1.165, 1.54) is 11.3 Å². The summed E-state index contributed by atoms with van der Waals surface area (Å²) in [5.41, 5.74) is 2.10. The number of amides is 1. The molecular formula is C20H20N2O2S2. The van der Waals surface area contributed by atoms with Crippen LogP contribution in [0.2, 0.25) is 0 Å². The number of hydrogen-bond donors (Lipinski definition) is 1. The maximum atomic E-state index is 11.9. The Morgan fingerprint density at radius 3 is 2.62 bits per heavy atom. The van der Waals surface area contributed by atoms with E-state index in [0.29, 0.717) is 32.2 Å². The summed E-state index contributed by atoms with van der Waals surface area (Å²) in [6, 6.07) is 13.8. The van der Waals surface area contributed by atoms with Crippen LogP contribution in [0.3, 0.4) is 0 Å². The van der Waals surface area contributed by atoms with Gasteiger partial charge in [0.25, 0.3) is 0 Å². The molecule has 4 nitrogen and oxygen atoms in total. The largest absolute Gasteiger partial charge is 0.356 e. The second kappa shape index (κ2) is 9.40. The Morgan fingerprint density at radius 1 is 1.00 bits per heavy atom. The van der Waals surface area contributed by atoms with Gasteiger partial charge < -0.3 is 5.32 Å². The van der Waals surface area contributed by atoms with Gasteiger partial charge in [-0.3, -0.25) is 9.59 Å². The Labute approximate surface area is 160 Å². The molecule has 0 fully saturated rings. The van der Waals surface area contributed by atoms with Crippen LogP contribution in [0.25, 0.3) is 10.6 Å². The van der Waals surface area contributed by atoms with Gasteiger partial charge in [0.05, 0.1) is 10.6 Å². The normalized spacial score (nSPS) is 10.6. The second-order valence-corrected chi connectivity index (χ2v) is 7.67. The third-order valence-corrected chi connectivity index (χ3v) is 5.73. The van der Waals surface area contributed by atoms with Crippen LogP contribution < -0.4 is 5.32 Å². The molecule has 0 bridgehead atoms. The van der Waals surface area contributed by atoms with Crippen molar-refractivity contribution in [3.63, 3.8) is 0 Å². The first-order chi connectivity index (χ1) is 12.7. The van der Waals surface area contributed by atoms with E-state index in [2.05, 4.69) is 10.3 Å². The molecule has 1 amide bonds. The number of Topliss-reactive ketones (excluding diaryl/α,β-unsaturated/α-hetero) is 1. The Kier molecular flexibility index (Phi) is 6.68. The Balaban J connectivity index is 1.35. The van der Waals surface area contributed by atoms with Crippen LogP contribution in [-0.4, -0.2) is 23.2 Å². The first-order valence-electron chi connectivity index (χ1n) is 8.55. The van der Waals surface area contributed by atoms with Crippen molar-refractivity contribution in [1.82, 2.24) is 10.3 Å². The van der Waals surface area contributed by atoms with E-state index in [4.69, 9.17) is 0 Å². The molecule has 0 aliphatic rings. The molecule has 3 rings (SSSR count). The first-order valence-corrected chi connectivity index (χ1v) is 10.3. The SMILES string of the molecule is O=C(CCCC(=O)c1cccs1)NCCc1csc(-c2ccccc2)n1. The monoisotopic (exact) mass is 384 g/mol. The zero-order valence-electron chi connectivity index (χ0n) is 14.3. The summed E-state index contributed by atoms with van der Waals surface area (Å²) in [6.45, 7) is 0.565. The number of ketones is 1. The highest BCUT2D eigenvalue weighted by Gasteiger charge is 2.09. The average molecular weight is 385 g/mol. The molecule has 2 heterocycles. The molecule has 0 unspecified atom stereocenters. The van der Waals surface area contributed by atoms with Crippen molar-refractivity contribution in [2.45, 2.75) is 25.7 Å². The van der Waals surface area contributed by atoms with E-state index < -0.39 is 0 Å². The van der Waals surface area contributed by atoms with E-state index >= 15 is 0 Å². The maximum Gasteiger partial charge on any atom is 0.220 e. The predicted octanol–water partition coefficient (Wildman–Crippen LogP) is 4.58. The smallest absolute Gasteiger partial charge is 0.220 e. The Hall–Kier alpha value is -2.31. The van der Waals surface area contributed by atoms with Gasteiger partial charge in [-0.05, 0) is 17.9 Å². The van der Waals surface area contributed by atoms with E-state index in [-0.39, 0.29) is 11.7 Å². The van der Waals surface area contributed by atoms with Crippen molar-refractivity contribution >= 4 is 34.4 Å². The number of rotatable bonds is 9. The zero-order valence-corrected chi connectivity index (χ0v) is 15.9. The molecule has 26 heavy (non-hydrogen) atoms. The van der Waals surface area contributed by atoms with Crippen molar-refractivity contribution in [3.05, 3.63) is 63.8 Å². The summed E-state index contributed by atoms with van der Waals surface area (Å²) >= 11 is 3.06. The van der Waals surface area contributed by atoms with Crippen LogP contribution in [-0.2, 0) is 11.2 Å². The molecule has 1 N–H and O–H groups in total. The molecule has 0 aliphatic heterocycles. The molecule has 0 atom stereocenters. The Morgan fingerprint density at radius 2 is 1.85 bits per heavy atom. The fraction of sp³-hybridized carbons (Fsp3) is 0.250. The highest BCUT2D eigenvalue weighted by Crippen LogP contribution is 2.23. The van der Waals surface area contributed by atoms with Crippen LogP contribution in [0.1, 0.15) is 34.6 Å². The van der Waals surface area contributed by atoms with E-state index in [0.717, 1.165) is 21.1 Å². The van der Waals surface area contributed by atoms with Crippen molar-refractivity contribution in [2.75, 3.05) is 6.54 Å². The molecule has 134 valence electrons. The van der Waals surface area contributed by atoms with Gasteiger partial charge in [-0.1, -0.05) is 36.4 Å². The van der Waals surface area contributed by atoms with Gasteiger partial charge in [0.15, 0.2) is 5.78 Å². The van der Waals surface area contributed by atoms with Crippen molar-refractivity contribution < 1.29 is 9.59 Å². The highest BCUT2D eigenvalue weighted by molar-refractivity contribution is 7.13.